The van der Waals surface area contributed by atoms with Crippen molar-refractivity contribution in [2.75, 3.05) is 5.73 Å². The molecule has 0 aliphatic heterocycles. The Bertz CT molecular complexity index is 277. The van der Waals surface area contributed by atoms with Gasteiger partial charge in [0.05, 0.1) is 0 Å². The van der Waals surface area contributed by atoms with Crippen molar-refractivity contribution in [2.24, 2.45) is 0 Å². The van der Waals surface area contributed by atoms with Gasteiger partial charge < -0.3 is 5.73 Å². The molecule has 1 rings (SSSR count). The SMILES string of the molecule is CC(C)Sc1ncnc(N)c1Cl. The predicted octanol–water partition coefficient (Wildman–Crippen LogP) is 2.21. The van der Waals surface area contributed by atoms with E-state index in [2.05, 4.69) is 23.8 Å². The fourth-order valence-corrected chi connectivity index (χ4v) is 1.67. The third kappa shape index (κ3) is 2.25. The fourth-order valence-electron chi connectivity index (χ4n) is 0.672. The molecule has 0 aliphatic rings. The highest BCUT2D eigenvalue weighted by atomic mass is 35.5. The van der Waals surface area contributed by atoms with Crippen molar-refractivity contribution in [1.82, 2.24) is 9.97 Å². The molecule has 2 N–H and O–H groups in total. The lowest BCUT2D eigenvalue weighted by Crippen LogP contribution is -1.96. The van der Waals surface area contributed by atoms with E-state index in [1.807, 2.05) is 0 Å². The molecule has 12 heavy (non-hydrogen) atoms. The minimum atomic E-state index is 0.342. The number of anilines is 1. The van der Waals surface area contributed by atoms with Gasteiger partial charge in [-0.15, -0.1) is 11.8 Å². The molecule has 66 valence electrons. The first-order chi connectivity index (χ1) is 5.61. The molecular weight excluding hydrogens is 194 g/mol. The minimum absolute atomic E-state index is 0.342. The number of hydrogen-bond donors (Lipinski definition) is 1. The molecule has 0 spiro atoms. The van der Waals surface area contributed by atoms with E-state index >= 15 is 0 Å². The number of hydrogen-bond acceptors (Lipinski definition) is 4. The van der Waals surface area contributed by atoms with Crippen LogP contribution in [0.1, 0.15) is 13.8 Å². The number of nitrogens with zero attached hydrogens (tertiary/aromatic N) is 2. The largest absolute Gasteiger partial charge is 0.382 e. The number of thioether (sulfide) groups is 1. The van der Waals surface area contributed by atoms with Crippen LogP contribution in [0.15, 0.2) is 11.4 Å². The van der Waals surface area contributed by atoms with E-state index in [0.29, 0.717) is 16.1 Å². The Morgan fingerprint density at radius 3 is 2.75 bits per heavy atom. The normalized spacial score (nSPS) is 10.7. The lowest BCUT2D eigenvalue weighted by Gasteiger charge is -2.05. The summed E-state index contributed by atoms with van der Waals surface area (Å²) < 4.78 is 0. The number of halogens is 1. The zero-order valence-electron chi connectivity index (χ0n) is 6.91. The second-order valence-corrected chi connectivity index (χ2v) is 4.49. The predicted molar refractivity (Wildman–Crippen MR) is 52.4 cm³/mol. The Morgan fingerprint density at radius 2 is 2.17 bits per heavy atom. The van der Waals surface area contributed by atoms with Gasteiger partial charge >= 0.3 is 0 Å². The summed E-state index contributed by atoms with van der Waals surface area (Å²) in [4.78, 5) is 7.79. The molecule has 0 aliphatic carbocycles. The van der Waals surface area contributed by atoms with E-state index in [1.165, 1.54) is 6.33 Å². The third-order valence-electron chi connectivity index (χ3n) is 1.13. The summed E-state index contributed by atoms with van der Waals surface area (Å²) in [5.41, 5.74) is 5.50. The van der Waals surface area contributed by atoms with Crippen LogP contribution in [-0.2, 0) is 0 Å². The quantitative estimate of drug-likeness (QED) is 0.592. The van der Waals surface area contributed by atoms with Crippen LogP contribution in [0.2, 0.25) is 5.02 Å². The number of nitrogens with two attached hydrogens (primary N) is 1. The monoisotopic (exact) mass is 203 g/mol. The molecule has 0 saturated heterocycles. The summed E-state index contributed by atoms with van der Waals surface area (Å²) in [5.74, 6) is 0.342. The highest BCUT2D eigenvalue weighted by Crippen LogP contribution is 2.30. The molecule has 0 bridgehead atoms. The van der Waals surface area contributed by atoms with Crippen LogP contribution in [0.4, 0.5) is 5.82 Å². The van der Waals surface area contributed by atoms with Crippen LogP contribution in [0, 0.1) is 0 Å². The summed E-state index contributed by atoms with van der Waals surface area (Å²) in [6.07, 6.45) is 1.42. The molecule has 5 heteroatoms. The lowest BCUT2D eigenvalue weighted by atomic mass is 10.6. The molecule has 1 heterocycles. The van der Waals surface area contributed by atoms with Gasteiger partial charge in [0.1, 0.15) is 22.2 Å². The maximum atomic E-state index is 5.87. The Hall–Kier alpha value is -0.480. The van der Waals surface area contributed by atoms with E-state index < -0.39 is 0 Å². The van der Waals surface area contributed by atoms with Crippen LogP contribution < -0.4 is 5.73 Å². The van der Waals surface area contributed by atoms with Gasteiger partial charge in [-0.2, -0.15) is 0 Å². The Balaban J connectivity index is 2.92. The Labute approximate surface area is 80.7 Å². The zero-order valence-corrected chi connectivity index (χ0v) is 8.49. The van der Waals surface area contributed by atoms with Gasteiger partial charge in [0, 0.05) is 5.25 Å². The van der Waals surface area contributed by atoms with Crippen LogP contribution in [0.3, 0.4) is 0 Å². The summed E-state index contributed by atoms with van der Waals surface area (Å²) in [5, 5.41) is 1.65. The molecule has 0 aromatic carbocycles. The van der Waals surface area contributed by atoms with Gasteiger partial charge in [-0.25, -0.2) is 9.97 Å². The Kier molecular flexibility index (Phi) is 3.17. The maximum absolute atomic E-state index is 5.87. The van der Waals surface area contributed by atoms with E-state index in [0.717, 1.165) is 5.03 Å². The van der Waals surface area contributed by atoms with E-state index in [1.54, 1.807) is 11.8 Å². The molecule has 1 aromatic heterocycles. The van der Waals surface area contributed by atoms with Crippen molar-refractivity contribution in [3.05, 3.63) is 11.3 Å². The zero-order chi connectivity index (χ0) is 9.14. The smallest absolute Gasteiger partial charge is 0.146 e. The minimum Gasteiger partial charge on any atom is -0.382 e. The molecule has 0 fully saturated rings. The molecule has 0 atom stereocenters. The number of aromatic nitrogens is 2. The second kappa shape index (κ2) is 3.96. The molecule has 0 amide bonds. The van der Waals surface area contributed by atoms with E-state index in [9.17, 15) is 0 Å². The summed E-state index contributed by atoms with van der Waals surface area (Å²) >= 11 is 7.44. The van der Waals surface area contributed by atoms with Crippen LogP contribution in [0.25, 0.3) is 0 Å². The third-order valence-corrected chi connectivity index (χ3v) is 2.62. The van der Waals surface area contributed by atoms with Crippen molar-refractivity contribution in [3.8, 4) is 0 Å². The van der Waals surface area contributed by atoms with Crippen molar-refractivity contribution in [3.63, 3.8) is 0 Å². The van der Waals surface area contributed by atoms with Crippen molar-refractivity contribution < 1.29 is 0 Å². The van der Waals surface area contributed by atoms with Crippen LogP contribution in [-0.4, -0.2) is 15.2 Å². The summed E-state index contributed by atoms with van der Waals surface area (Å²) in [7, 11) is 0. The molecular formula is C7H10ClN3S. The van der Waals surface area contributed by atoms with Crippen LogP contribution >= 0.6 is 23.4 Å². The summed E-state index contributed by atoms with van der Waals surface area (Å²) in [6, 6.07) is 0. The standard InChI is InChI=1S/C7H10ClN3S/c1-4(2)12-7-5(8)6(9)10-3-11-7/h3-4H,1-2H3,(H2,9,10,11). The number of nitrogen functional groups attached to an aromatic ring is 1. The Morgan fingerprint density at radius 1 is 1.50 bits per heavy atom. The molecule has 1 aromatic rings. The average molecular weight is 204 g/mol. The maximum Gasteiger partial charge on any atom is 0.146 e. The number of rotatable bonds is 2. The van der Waals surface area contributed by atoms with Gasteiger partial charge in [0.2, 0.25) is 0 Å². The first-order valence-corrected chi connectivity index (χ1v) is 4.79. The van der Waals surface area contributed by atoms with Gasteiger partial charge in [-0.1, -0.05) is 25.4 Å². The van der Waals surface area contributed by atoms with Crippen LogP contribution in [0.5, 0.6) is 0 Å². The molecule has 3 nitrogen and oxygen atoms in total. The lowest BCUT2D eigenvalue weighted by molar-refractivity contribution is 1.03. The van der Waals surface area contributed by atoms with E-state index in [4.69, 9.17) is 17.3 Å². The topological polar surface area (TPSA) is 51.8 Å². The van der Waals surface area contributed by atoms with Crippen molar-refractivity contribution in [1.29, 1.82) is 0 Å². The summed E-state index contributed by atoms with van der Waals surface area (Å²) in [6.45, 7) is 4.14. The average Bonchev–Trinajstić information content (AvgIpc) is 1.98. The molecule has 0 saturated carbocycles. The van der Waals surface area contributed by atoms with Crippen molar-refractivity contribution in [2.45, 2.75) is 24.1 Å². The second-order valence-electron chi connectivity index (χ2n) is 2.54. The molecule has 0 unspecified atom stereocenters. The highest BCUT2D eigenvalue weighted by Gasteiger charge is 2.08. The fraction of sp³-hybridized carbons (Fsp3) is 0.429. The van der Waals surface area contributed by atoms with Gasteiger partial charge in [-0.05, 0) is 0 Å². The van der Waals surface area contributed by atoms with Gasteiger partial charge in [0.25, 0.3) is 0 Å². The van der Waals surface area contributed by atoms with Gasteiger partial charge in [0.15, 0.2) is 0 Å². The molecule has 0 radical (unpaired) electrons. The highest BCUT2D eigenvalue weighted by molar-refractivity contribution is 7.99. The van der Waals surface area contributed by atoms with E-state index in [-0.39, 0.29) is 0 Å². The van der Waals surface area contributed by atoms with Gasteiger partial charge in [-0.3, -0.25) is 0 Å². The first kappa shape index (κ1) is 9.61. The first-order valence-electron chi connectivity index (χ1n) is 3.54. The van der Waals surface area contributed by atoms with Crippen molar-refractivity contribution >= 4 is 29.2 Å².